The molecule has 0 saturated carbocycles. The van der Waals surface area contributed by atoms with E-state index in [1.165, 1.54) is 37.7 Å². The number of nitrogens with zero attached hydrogens (tertiary/aromatic N) is 2. The summed E-state index contributed by atoms with van der Waals surface area (Å²) in [5.41, 5.74) is 0.252. The van der Waals surface area contributed by atoms with Gasteiger partial charge in [-0.3, -0.25) is 9.78 Å². The first-order chi connectivity index (χ1) is 16.7. The highest BCUT2D eigenvalue weighted by atomic mass is 35.5. The van der Waals surface area contributed by atoms with E-state index in [0.29, 0.717) is 11.5 Å². The van der Waals surface area contributed by atoms with Gasteiger partial charge in [0.25, 0.3) is 5.91 Å². The summed E-state index contributed by atoms with van der Waals surface area (Å²) in [5, 5.41) is 7.02. The van der Waals surface area contributed by atoms with Crippen LogP contribution in [-0.4, -0.2) is 35.9 Å². The summed E-state index contributed by atoms with van der Waals surface area (Å²) in [5.74, 6) is -1.23. The number of amides is 1. The standard InChI is InChI=1S/C24H19Cl2F2N3O4/c1-24(9-19(31-35-24)14-5-15(27)8-16(28)6-14)12-34-21-7-13(3-4-20(21)33-2)23(32)30-22-17(25)10-29-11-18(22)26/h3-8,10-11H,9,12H2,1-2H3,(H,29,30,32). The first kappa shape index (κ1) is 24.7. The molecule has 1 atom stereocenters. The van der Waals surface area contributed by atoms with Crippen molar-refractivity contribution in [2.24, 2.45) is 5.16 Å². The number of aromatic nitrogens is 1. The molecule has 1 N–H and O–H groups in total. The molecule has 2 aromatic carbocycles. The zero-order chi connectivity index (χ0) is 25.2. The first-order valence-electron chi connectivity index (χ1n) is 10.3. The van der Waals surface area contributed by atoms with E-state index in [4.69, 9.17) is 37.5 Å². The minimum Gasteiger partial charge on any atom is -0.493 e. The number of hydrogen-bond acceptors (Lipinski definition) is 6. The maximum atomic E-state index is 13.6. The molecule has 1 aliphatic heterocycles. The van der Waals surface area contributed by atoms with Gasteiger partial charge in [0.15, 0.2) is 17.1 Å². The van der Waals surface area contributed by atoms with E-state index in [0.717, 1.165) is 6.07 Å². The van der Waals surface area contributed by atoms with E-state index in [1.807, 2.05) is 0 Å². The van der Waals surface area contributed by atoms with Gasteiger partial charge in [0, 0.05) is 36.0 Å². The lowest BCUT2D eigenvalue weighted by Crippen LogP contribution is -2.33. The highest BCUT2D eigenvalue weighted by Crippen LogP contribution is 2.34. The third kappa shape index (κ3) is 5.63. The zero-order valence-corrected chi connectivity index (χ0v) is 20.1. The van der Waals surface area contributed by atoms with Crippen molar-refractivity contribution < 1.29 is 27.9 Å². The van der Waals surface area contributed by atoms with Crippen LogP contribution in [0.15, 0.2) is 53.9 Å². The van der Waals surface area contributed by atoms with Crippen molar-refractivity contribution in [1.82, 2.24) is 4.98 Å². The predicted octanol–water partition coefficient (Wildman–Crippen LogP) is 5.89. The van der Waals surface area contributed by atoms with Crippen molar-refractivity contribution in [1.29, 1.82) is 0 Å². The first-order valence-corrected chi connectivity index (χ1v) is 11.1. The lowest BCUT2D eigenvalue weighted by atomic mass is 9.96. The lowest BCUT2D eigenvalue weighted by molar-refractivity contribution is -0.0361. The molecule has 182 valence electrons. The Hall–Kier alpha value is -3.43. The molecule has 3 aromatic rings. The highest BCUT2D eigenvalue weighted by Gasteiger charge is 2.36. The van der Waals surface area contributed by atoms with Crippen LogP contribution in [0.1, 0.15) is 29.3 Å². The van der Waals surface area contributed by atoms with Crippen LogP contribution in [0.3, 0.4) is 0 Å². The predicted molar refractivity (Wildman–Crippen MR) is 128 cm³/mol. The number of anilines is 1. The van der Waals surface area contributed by atoms with Gasteiger partial charge in [-0.15, -0.1) is 0 Å². The number of halogens is 4. The van der Waals surface area contributed by atoms with Crippen LogP contribution in [-0.2, 0) is 4.84 Å². The summed E-state index contributed by atoms with van der Waals surface area (Å²) in [6, 6.07) is 7.79. The van der Waals surface area contributed by atoms with Crippen molar-refractivity contribution in [2.75, 3.05) is 19.0 Å². The molecule has 1 unspecified atom stereocenters. The third-order valence-electron chi connectivity index (χ3n) is 5.16. The Balaban J connectivity index is 1.47. The van der Waals surface area contributed by atoms with Gasteiger partial charge in [0.2, 0.25) is 0 Å². The van der Waals surface area contributed by atoms with E-state index in [1.54, 1.807) is 19.1 Å². The number of pyridine rings is 1. The smallest absolute Gasteiger partial charge is 0.255 e. The minimum atomic E-state index is -0.917. The Labute approximate surface area is 209 Å². The molecule has 0 saturated heterocycles. The highest BCUT2D eigenvalue weighted by molar-refractivity contribution is 6.39. The van der Waals surface area contributed by atoms with Gasteiger partial charge < -0.3 is 19.6 Å². The SMILES string of the molecule is COc1ccc(C(=O)Nc2c(Cl)cncc2Cl)cc1OCC1(C)CC(c2cc(F)cc(F)c2)=NO1. The van der Waals surface area contributed by atoms with E-state index in [2.05, 4.69) is 15.5 Å². The van der Waals surface area contributed by atoms with Crippen LogP contribution >= 0.6 is 23.2 Å². The maximum absolute atomic E-state index is 13.6. The third-order valence-corrected chi connectivity index (χ3v) is 5.74. The normalized spacial score (nSPS) is 16.9. The molecule has 0 spiro atoms. The molecular weight excluding hydrogens is 503 g/mol. The Kier molecular flexibility index (Phi) is 7.09. The second-order valence-electron chi connectivity index (χ2n) is 8.00. The molecule has 0 bridgehead atoms. The second kappa shape index (κ2) is 10.1. The second-order valence-corrected chi connectivity index (χ2v) is 8.82. The molecular formula is C24H19Cl2F2N3O4. The lowest BCUT2D eigenvalue weighted by Gasteiger charge is -2.22. The molecule has 2 heterocycles. The summed E-state index contributed by atoms with van der Waals surface area (Å²) in [4.78, 5) is 22.2. The number of rotatable bonds is 7. The van der Waals surface area contributed by atoms with Crippen molar-refractivity contribution in [3.8, 4) is 11.5 Å². The van der Waals surface area contributed by atoms with E-state index in [9.17, 15) is 13.6 Å². The van der Waals surface area contributed by atoms with Crippen LogP contribution in [0.2, 0.25) is 10.0 Å². The van der Waals surface area contributed by atoms with Crippen LogP contribution in [0.5, 0.6) is 11.5 Å². The molecule has 0 aliphatic carbocycles. The van der Waals surface area contributed by atoms with Gasteiger partial charge in [-0.05, 0) is 37.3 Å². The fourth-order valence-corrected chi connectivity index (χ4v) is 3.87. The summed E-state index contributed by atoms with van der Waals surface area (Å²) in [7, 11) is 1.46. The molecule has 4 rings (SSSR count). The number of methoxy groups -OCH3 is 1. The average Bonchev–Trinajstić information content (AvgIpc) is 3.22. The van der Waals surface area contributed by atoms with E-state index in [-0.39, 0.29) is 45.6 Å². The molecule has 11 heteroatoms. The van der Waals surface area contributed by atoms with Crippen LogP contribution in [0.25, 0.3) is 0 Å². The van der Waals surface area contributed by atoms with Crippen molar-refractivity contribution in [2.45, 2.75) is 18.9 Å². The van der Waals surface area contributed by atoms with Gasteiger partial charge in [-0.25, -0.2) is 8.78 Å². The fraction of sp³-hybridized carbons (Fsp3) is 0.208. The number of ether oxygens (including phenoxy) is 2. The van der Waals surface area contributed by atoms with Crippen molar-refractivity contribution >= 4 is 40.5 Å². The van der Waals surface area contributed by atoms with Crippen LogP contribution in [0, 0.1) is 11.6 Å². The summed E-state index contributed by atoms with van der Waals surface area (Å²) in [6.07, 6.45) is 2.97. The largest absolute Gasteiger partial charge is 0.493 e. The number of hydrogen-bond donors (Lipinski definition) is 1. The van der Waals surface area contributed by atoms with Crippen molar-refractivity contribution in [3.63, 3.8) is 0 Å². The number of oxime groups is 1. The molecule has 35 heavy (non-hydrogen) atoms. The maximum Gasteiger partial charge on any atom is 0.255 e. The number of carbonyl (C=O) groups excluding carboxylic acids is 1. The van der Waals surface area contributed by atoms with Gasteiger partial charge >= 0.3 is 0 Å². The molecule has 1 amide bonds. The molecule has 0 radical (unpaired) electrons. The fourth-order valence-electron chi connectivity index (χ4n) is 3.41. The Morgan fingerprint density at radius 3 is 2.46 bits per heavy atom. The van der Waals surface area contributed by atoms with Gasteiger partial charge in [0.05, 0.1) is 28.6 Å². The van der Waals surface area contributed by atoms with Crippen LogP contribution < -0.4 is 14.8 Å². The Bertz CT molecular complexity index is 1280. The van der Waals surface area contributed by atoms with Gasteiger partial charge in [0.1, 0.15) is 18.2 Å². The topological polar surface area (TPSA) is 82.0 Å². The quantitative estimate of drug-likeness (QED) is 0.419. The van der Waals surface area contributed by atoms with E-state index >= 15 is 0 Å². The Morgan fingerprint density at radius 2 is 1.80 bits per heavy atom. The molecule has 1 aromatic heterocycles. The van der Waals surface area contributed by atoms with Gasteiger partial charge in [-0.1, -0.05) is 28.4 Å². The Morgan fingerprint density at radius 1 is 1.11 bits per heavy atom. The molecule has 7 nitrogen and oxygen atoms in total. The van der Waals surface area contributed by atoms with Crippen molar-refractivity contribution in [3.05, 3.63) is 81.6 Å². The average molecular weight is 522 g/mol. The van der Waals surface area contributed by atoms with Gasteiger partial charge in [-0.2, -0.15) is 0 Å². The monoisotopic (exact) mass is 521 g/mol. The minimum absolute atomic E-state index is 0.0151. The van der Waals surface area contributed by atoms with E-state index < -0.39 is 23.1 Å². The summed E-state index contributed by atoms with van der Waals surface area (Å²) >= 11 is 12.2. The summed E-state index contributed by atoms with van der Waals surface area (Å²) < 4.78 is 38.4. The zero-order valence-electron chi connectivity index (χ0n) is 18.6. The number of benzene rings is 2. The molecule has 1 aliphatic rings. The summed E-state index contributed by atoms with van der Waals surface area (Å²) in [6.45, 7) is 1.76. The number of nitrogens with one attached hydrogen (secondary N) is 1. The number of carbonyl (C=O) groups is 1. The van der Waals surface area contributed by atoms with Crippen LogP contribution in [0.4, 0.5) is 14.5 Å². The molecule has 0 fully saturated rings.